The van der Waals surface area contributed by atoms with Gasteiger partial charge in [0, 0.05) is 5.92 Å². The Balaban J connectivity index is 1.80. The summed E-state index contributed by atoms with van der Waals surface area (Å²) in [5.41, 5.74) is 6.53. The number of hydrogen-bond acceptors (Lipinski definition) is 11. The Hall–Kier alpha value is -1.12. The molecule has 0 radical (unpaired) electrons. The first-order chi connectivity index (χ1) is 13.4. The van der Waals surface area contributed by atoms with E-state index in [-0.39, 0.29) is 12.2 Å². The van der Waals surface area contributed by atoms with Crippen LogP contribution in [0.1, 0.15) is 12.5 Å². The fraction of sp³-hybridized carbons (Fsp3) is 0.583. The number of nitrogens with two attached hydrogens (primary N) is 1. The average Bonchev–Trinajstić information content (AvgIpc) is 3.13. The minimum Gasteiger partial charge on any atom is -0.390 e. The number of imidazole rings is 1. The molecule has 1 aliphatic carbocycles. The molecule has 0 saturated heterocycles. The van der Waals surface area contributed by atoms with E-state index in [9.17, 15) is 24.2 Å². The minimum atomic E-state index is -5.26. The van der Waals surface area contributed by atoms with Gasteiger partial charge >= 0.3 is 15.6 Å². The van der Waals surface area contributed by atoms with Crippen molar-refractivity contribution in [2.75, 3.05) is 18.6 Å². The molecule has 3 rings (SSSR count). The standard InChI is InChI=1S/C12H19N5O9P2S/c1-29-12-15-10(13)7-11(16-12)17(4-14-7)6-2-5(8(18)9(6)19)3-25-28(23,24)26-27(20,21)22/h4-6,8-9,18-19H,2-3H2,1H3,(H,23,24)(H2,13,15,16)(H2,20,21,22)/t5-,6-,8-,9+/m1/s1. The lowest BCUT2D eigenvalue weighted by Crippen LogP contribution is -2.30. The molecule has 2 heterocycles. The fourth-order valence-corrected chi connectivity index (χ4v) is 5.15. The van der Waals surface area contributed by atoms with Crippen LogP contribution in [0.5, 0.6) is 0 Å². The van der Waals surface area contributed by atoms with Crippen LogP contribution in [0.25, 0.3) is 11.2 Å². The van der Waals surface area contributed by atoms with Crippen molar-refractivity contribution in [3.05, 3.63) is 6.33 Å². The van der Waals surface area contributed by atoms with E-state index in [1.54, 1.807) is 6.26 Å². The second kappa shape index (κ2) is 8.19. The zero-order valence-corrected chi connectivity index (χ0v) is 17.4. The van der Waals surface area contributed by atoms with E-state index in [2.05, 4.69) is 23.8 Å². The Morgan fingerprint density at radius 1 is 1.28 bits per heavy atom. The lowest BCUT2D eigenvalue weighted by Gasteiger charge is -2.19. The van der Waals surface area contributed by atoms with Crippen LogP contribution >= 0.6 is 27.4 Å². The van der Waals surface area contributed by atoms with Crippen molar-refractivity contribution < 1.29 is 42.9 Å². The lowest BCUT2D eigenvalue weighted by atomic mass is 10.1. The van der Waals surface area contributed by atoms with Crippen molar-refractivity contribution in [1.82, 2.24) is 19.5 Å². The molecule has 1 saturated carbocycles. The summed E-state index contributed by atoms with van der Waals surface area (Å²) in [5, 5.41) is 21.1. The average molecular weight is 471 g/mol. The molecule has 1 unspecified atom stereocenters. The van der Waals surface area contributed by atoms with Gasteiger partial charge in [0.25, 0.3) is 0 Å². The molecule has 2 aromatic heterocycles. The molecule has 7 N–H and O–H groups in total. The maximum Gasteiger partial charge on any atom is 0.481 e. The van der Waals surface area contributed by atoms with E-state index in [1.807, 2.05) is 0 Å². The highest BCUT2D eigenvalue weighted by molar-refractivity contribution is 7.98. The SMILES string of the molecule is CSc1nc(N)c2ncn([C@@H]3C[C@H](COP(=O)(O)OP(=O)(O)O)[C@@H](O)[C@H]3O)c2n1. The Bertz CT molecular complexity index is 1000. The van der Waals surface area contributed by atoms with Crippen LogP contribution in [-0.4, -0.2) is 69.5 Å². The summed E-state index contributed by atoms with van der Waals surface area (Å²) in [4.78, 5) is 39.2. The molecule has 14 nitrogen and oxygen atoms in total. The zero-order chi connectivity index (χ0) is 21.6. The molecular weight excluding hydrogens is 452 g/mol. The molecule has 0 aromatic carbocycles. The van der Waals surface area contributed by atoms with Crippen LogP contribution in [0.2, 0.25) is 0 Å². The monoisotopic (exact) mass is 471 g/mol. The molecule has 0 spiro atoms. The van der Waals surface area contributed by atoms with Crippen LogP contribution < -0.4 is 5.73 Å². The molecule has 1 aliphatic rings. The second-order valence-corrected chi connectivity index (χ2v) is 9.90. The molecule has 162 valence electrons. The van der Waals surface area contributed by atoms with Gasteiger partial charge in [-0.1, -0.05) is 11.8 Å². The predicted octanol–water partition coefficient (Wildman–Crippen LogP) is -0.361. The van der Waals surface area contributed by atoms with Crippen molar-refractivity contribution in [3.8, 4) is 0 Å². The number of aromatic nitrogens is 4. The number of aliphatic hydroxyl groups excluding tert-OH is 2. The van der Waals surface area contributed by atoms with Gasteiger partial charge in [0.15, 0.2) is 16.6 Å². The number of thioether (sulfide) groups is 1. The molecule has 5 atom stereocenters. The summed E-state index contributed by atoms with van der Waals surface area (Å²) in [6.07, 6.45) is 0.581. The Morgan fingerprint density at radius 2 is 1.97 bits per heavy atom. The number of nitrogen functional groups attached to an aromatic ring is 1. The minimum absolute atomic E-state index is 0.0855. The van der Waals surface area contributed by atoms with Crippen molar-refractivity contribution in [3.63, 3.8) is 0 Å². The molecule has 17 heteroatoms. The topological polar surface area (TPSA) is 223 Å². The van der Waals surface area contributed by atoms with Crippen LogP contribution in [-0.2, 0) is 18.0 Å². The number of phosphoric ester groups is 1. The van der Waals surface area contributed by atoms with Gasteiger partial charge in [0.05, 0.1) is 25.1 Å². The Morgan fingerprint density at radius 3 is 2.59 bits per heavy atom. The number of phosphoric acid groups is 2. The van der Waals surface area contributed by atoms with Gasteiger partial charge in [0.1, 0.15) is 11.6 Å². The van der Waals surface area contributed by atoms with Gasteiger partial charge in [0.2, 0.25) is 0 Å². The highest BCUT2D eigenvalue weighted by Gasteiger charge is 2.44. The first-order valence-corrected chi connectivity index (χ1v) is 12.3. The van der Waals surface area contributed by atoms with Gasteiger partial charge in [-0.25, -0.2) is 24.1 Å². The maximum absolute atomic E-state index is 11.6. The van der Waals surface area contributed by atoms with Gasteiger partial charge in [-0.15, -0.1) is 0 Å². The van der Waals surface area contributed by atoms with Gasteiger partial charge in [-0.3, -0.25) is 4.52 Å². The smallest absolute Gasteiger partial charge is 0.390 e. The van der Waals surface area contributed by atoms with Crippen molar-refractivity contribution in [2.45, 2.75) is 29.8 Å². The predicted molar refractivity (Wildman–Crippen MR) is 99.6 cm³/mol. The maximum atomic E-state index is 11.6. The third-order valence-corrected chi connectivity index (χ3v) is 7.10. The first kappa shape index (κ1) is 22.6. The third kappa shape index (κ3) is 4.97. The highest BCUT2D eigenvalue weighted by atomic mass is 32.2. The van der Waals surface area contributed by atoms with Crippen molar-refractivity contribution in [1.29, 1.82) is 0 Å². The molecule has 0 aliphatic heterocycles. The number of anilines is 1. The summed E-state index contributed by atoms with van der Waals surface area (Å²) in [6, 6.07) is -0.714. The summed E-state index contributed by atoms with van der Waals surface area (Å²) in [5.74, 6) is -0.686. The molecule has 2 aromatic rings. The van der Waals surface area contributed by atoms with Crippen LogP contribution in [0.3, 0.4) is 0 Å². The summed E-state index contributed by atoms with van der Waals surface area (Å²) >= 11 is 1.26. The van der Waals surface area contributed by atoms with Crippen molar-refractivity contribution in [2.24, 2.45) is 5.92 Å². The van der Waals surface area contributed by atoms with E-state index in [0.29, 0.717) is 16.3 Å². The Labute approximate surface area is 168 Å². The lowest BCUT2D eigenvalue weighted by molar-refractivity contribution is -0.00374. The van der Waals surface area contributed by atoms with E-state index in [0.717, 1.165) is 0 Å². The van der Waals surface area contributed by atoms with Crippen molar-refractivity contribution >= 4 is 44.4 Å². The van der Waals surface area contributed by atoms with Crippen LogP contribution in [0, 0.1) is 5.92 Å². The molecule has 0 bridgehead atoms. The number of rotatable bonds is 7. The third-order valence-electron chi connectivity index (χ3n) is 4.40. The number of aliphatic hydroxyl groups is 2. The number of hydrogen-bond donors (Lipinski definition) is 6. The van der Waals surface area contributed by atoms with E-state index < -0.39 is 46.4 Å². The second-order valence-electron chi connectivity index (χ2n) is 6.30. The molecular formula is C12H19N5O9P2S. The fourth-order valence-electron chi connectivity index (χ4n) is 3.14. The highest BCUT2D eigenvalue weighted by Crippen LogP contribution is 2.58. The largest absolute Gasteiger partial charge is 0.481 e. The molecule has 0 amide bonds. The van der Waals surface area contributed by atoms with Crippen LogP contribution in [0.4, 0.5) is 5.82 Å². The molecule has 1 fully saturated rings. The van der Waals surface area contributed by atoms with E-state index in [1.165, 1.54) is 22.7 Å². The van der Waals surface area contributed by atoms with Gasteiger partial charge < -0.3 is 35.2 Å². The van der Waals surface area contributed by atoms with Gasteiger partial charge in [-0.05, 0) is 12.7 Å². The molecule has 29 heavy (non-hydrogen) atoms. The van der Waals surface area contributed by atoms with E-state index in [4.69, 9.17) is 15.5 Å². The summed E-state index contributed by atoms with van der Waals surface area (Å²) < 4.78 is 32.1. The van der Waals surface area contributed by atoms with E-state index >= 15 is 0 Å². The number of fused-ring (bicyclic) bond motifs is 1. The summed E-state index contributed by atoms with van der Waals surface area (Å²) in [7, 11) is -10.3. The Kier molecular flexibility index (Phi) is 6.37. The zero-order valence-electron chi connectivity index (χ0n) is 14.8. The first-order valence-electron chi connectivity index (χ1n) is 8.06. The number of nitrogens with zero attached hydrogens (tertiary/aromatic N) is 4. The quantitative estimate of drug-likeness (QED) is 0.172. The van der Waals surface area contributed by atoms with Crippen LogP contribution in [0.15, 0.2) is 11.5 Å². The normalized spacial score (nSPS) is 27.4. The van der Waals surface area contributed by atoms with Gasteiger partial charge in [-0.2, -0.15) is 4.31 Å². The summed E-state index contributed by atoms with van der Waals surface area (Å²) in [6.45, 7) is -0.595.